The number of aliphatic imine (C=N–C) groups is 1. The lowest BCUT2D eigenvalue weighted by molar-refractivity contribution is 0.186. The first kappa shape index (κ1) is 17.0. The summed E-state index contributed by atoms with van der Waals surface area (Å²) in [6.07, 6.45) is 1.05. The number of hydrogen-bond donors (Lipinski definition) is 0. The number of hydrogen-bond acceptors (Lipinski definition) is 5. The summed E-state index contributed by atoms with van der Waals surface area (Å²) in [5.41, 5.74) is 4.78. The molecule has 0 saturated carbocycles. The normalized spacial score (nSPS) is 21.4. The maximum Gasteiger partial charge on any atom is 0.223 e. The van der Waals surface area contributed by atoms with Crippen molar-refractivity contribution in [1.29, 1.82) is 0 Å². The molecule has 1 unspecified atom stereocenters. The van der Waals surface area contributed by atoms with Gasteiger partial charge in [-0.3, -0.25) is 0 Å². The van der Waals surface area contributed by atoms with E-state index in [1.165, 1.54) is 11.1 Å². The monoisotopic (exact) mass is 327 g/mol. The second-order valence-corrected chi connectivity index (χ2v) is 7.02. The van der Waals surface area contributed by atoms with Gasteiger partial charge in [-0.2, -0.15) is 5.10 Å². The highest BCUT2D eigenvalue weighted by Crippen LogP contribution is 2.36. The Hall–Kier alpha value is -1.88. The van der Waals surface area contributed by atoms with Crippen LogP contribution >= 0.6 is 0 Å². The molecular formula is C19H29N5. The maximum absolute atomic E-state index is 5.00. The van der Waals surface area contributed by atoms with Crippen LogP contribution in [0.4, 0.5) is 5.69 Å². The van der Waals surface area contributed by atoms with Crippen molar-refractivity contribution in [2.24, 2.45) is 10.1 Å². The minimum absolute atomic E-state index is 0.202. The van der Waals surface area contributed by atoms with Crippen molar-refractivity contribution in [2.75, 3.05) is 33.2 Å². The minimum atomic E-state index is 0.202. The second-order valence-electron chi connectivity index (χ2n) is 7.02. The zero-order valence-electron chi connectivity index (χ0n) is 15.6. The molecule has 1 aromatic carbocycles. The molecule has 3 rings (SSSR count). The van der Waals surface area contributed by atoms with E-state index in [-0.39, 0.29) is 6.04 Å². The molecule has 130 valence electrons. The summed E-state index contributed by atoms with van der Waals surface area (Å²) in [6, 6.07) is 6.85. The Bertz CT molecular complexity index is 652. The average Bonchev–Trinajstić information content (AvgIpc) is 2.57. The van der Waals surface area contributed by atoms with Crippen molar-refractivity contribution in [3.8, 4) is 0 Å². The fourth-order valence-corrected chi connectivity index (χ4v) is 3.29. The molecule has 0 N–H and O–H groups in total. The molecule has 24 heavy (non-hydrogen) atoms. The fraction of sp³-hybridized carbons (Fsp3) is 0.579. The Kier molecular flexibility index (Phi) is 4.90. The van der Waals surface area contributed by atoms with Crippen LogP contribution in [0.2, 0.25) is 0 Å². The third-order valence-electron chi connectivity index (χ3n) is 4.84. The van der Waals surface area contributed by atoms with Crippen LogP contribution in [0.1, 0.15) is 44.9 Å². The smallest absolute Gasteiger partial charge is 0.223 e. The van der Waals surface area contributed by atoms with Crippen molar-refractivity contribution in [3.05, 3.63) is 29.3 Å². The van der Waals surface area contributed by atoms with Gasteiger partial charge in [-0.15, -0.1) is 0 Å². The predicted octanol–water partition coefficient (Wildman–Crippen LogP) is 3.26. The van der Waals surface area contributed by atoms with Gasteiger partial charge >= 0.3 is 0 Å². The number of rotatable bonds is 2. The summed E-state index contributed by atoms with van der Waals surface area (Å²) in [6.45, 7) is 12.7. The molecule has 1 saturated heterocycles. The summed E-state index contributed by atoms with van der Waals surface area (Å²) in [5, 5.41) is 6.92. The van der Waals surface area contributed by atoms with Crippen LogP contribution in [0, 0.1) is 0 Å². The lowest BCUT2D eigenvalue weighted by Crippen LogP contribution is -2.52. The van der Waals surface area contributed by atoms with Crippen molar-refractivity contribution in [3.63, 3.8) is 0 Å². The second kappa shape index (κ2) is 6.93. The van der Waals surface area contributed by atoms with Crippen molar-refractivity contribution in [1.82, 2.24) is 14.8 Å². The van der Waals surface area contributed by atoms with Crippen LogP contribution in [0.5, 0.6) is 0 Å². The molecule has 5 heteroatoms. The van der Waals surface area contributed by atoms with Gasteiger partial charge in [0.15, 0.2) is 0 Å². The van der Waals surface area contributed by atoms with Crippen molar-refractivity contribution >= 4 is 17.4 Å². The molecule has 1 atom stereocenters. The molecule has 1 fully saturated rings. The number of guanidine groups is 1. The molecule has 0 radical (unpaired) electrons. The zero-order chi connectivity index (χ0) is 17.3. The first-order chi connectivity index (χ1) is 11.5. The largest absolute Gasteiger partial charge is 0.338 e. The van der Waals surface area contributed by atoms with Crippen LogP contribution in [-0.2, 0) is 6.42 Å². The van der Waals surface area contributed by atoms with Gasteiger partial charge in [0.2, 0.25) is 5.96 Å². The van der Waals surface area contributed by atoms with Gasteiger partial charge in [-0.05, 0) is 45.9 Å². The van der Waals surface area contributed by atoms with E-state index in [1.807, 2.05) is 13.8 Å². The van der Waals surface area contributed by atoms with Crippen molar-refractivity contribution < 1.29 is 0 Å². The van der Waals surface area contributed by atoms with E-state index in [0.29, 0.717) is 0 Å². The molecule has 2 aliphatic heterocycles. The average molecular weight is 327 g/mol. The van der Waals surface area contributed by atoms with Gasteiger partial charge in [0.25, 0.3) is 0 Å². The summed E-state index contributed by atoms with van der Waals surface area (Å²) < 4.78 is 0. The lowest BCUT2D eigenvalue weighted by atomic mass is 10.00. The molecule has 0 aromatic heterocycles. The molecule has 0 spiro atoms. The highest BCUT2D eigenvalue weighted by molar-refractivity contribution is 5.88. The van der Waals surface area contributed by atoms with Gasteiger partial charge in [0.1, 0.15) is 0 Å². The van der Waals surface area contributed by atoms with E-state index in [1.54, 1.807) is 0 Å². The highest BCUT2D eigenvalue weighted by Gasteiger charge is 2.31. The highest BCUT2D eigenvalue weighted by atomic mass is 15.6. The number of piperazine rings is 1. The van der Waals surface area contributed by atoms with E-state index < -0.39 is 0 Å². The summed E-state index contributed by atoms with van der Waals surface area (Å²) >= 11 is 0. The van der Waals surface area contributed by atoms with E-state index in [4.69, 9.17) is 10.1 Å². The van der Waals surface area contributed by atoms with Gasteiger partial charge < -0.3 is 9.80 Å². The third-order valence-corrected chi connectivity index (χ3v) is 4.84. The lowest BCUT2D eigenvalue weighted by Gasteiger charge is -2.41. The van der Waals surface area contributed by atoms with Gasteiger partial charge in [-0.1, -0.05) is 19.1 Å². The number of nitrogens with zero attached hydrogens (tertiary/aromatic N) is 5. The summed E-state index contributed by atoms with van der Waals surface area (Å²) in [7, 11) is 2.18. The number of likely N-dealkylation sites (N-methyl/N-ethyl adjacent to an activating group) is 1. The fourth-order valence-electron chi connectivity index (χ4n) is 3.29. The molecule has 2 heterocycles. The predicted molar refractivity (Wildman–Crippen MR) is 101 cm³/mol. The van der Waals surface area contributed by atoms with Gasteiger partial charge in [0, 0.05) is 37.5 Å². The van der Waals surface area contributed by atoms with Crippen LogP contribution in [0.3, 0.4) is 0 Å². The number of aryl methyl sites for hydroxylation is 1. The van der Waals surface area contributed by atoms with E-state index in [2.05, 4.69) is 53.9 Å². The number of benzene rings is 1. The van der Waals surface area contributed by atoms with E-state index >= 15 is 0 Å². The molecule has 0 aliphatic carbocycles. The SMILES string of the molecule is CCc1ccc2c(c1)C(C)N(N=C(C)C)C(N1CCN(C)CC1)=N2. The Morgan fingerprint density at radius 2 is 1.92 bits per heavy atom. The van der Waals surface area contributed by atoms with Crippen LogP contribution in [-0.4, -0.2) is 59.7 Å². The van der Waals surface area contributed by atoms with Crippen LogP contribution < -0.4 is 0 Å². The Morgan fingerprint density at radius 1 is 1.21 bits per heavy atom. The number of hydrazone groups is 1. The topological polar surface area (TPSA) is 34.4 Å². The first-order valence-corrected chi connectivity index (χ1v) is 8.95. The van der Waals surface area contributed by atoms with Crippen LogP contribution in [0.25, 0.3) is 0 Å². The molecule has 0 bridgehead atoms. The van der Waals surface area contributed by atoms with Crippen LogP contribution in [0.15, 0.2) is 28.3 Å². The molecule has 0 amide bonds. The summed E-state index contributed by atoms with van der Waals surface area (Å²) in [5.74, 6) is 0.994. The molecule has 1 aromatic rings. The minimum Gasteiger partial charge on any atom is -0.338 e. The Balaban J connectivity index is 2.01. The Labute approximate surface area is 145 Å². The van der Waals surface area contributed by atoms with E-state index in [0.717, 1.165) is 50.0 Å². The Morgan fingerprint density at radius 3 is 2.54 bits per heavy atom. The van der Waals surface area contributed by atoms with Gasteiger partial charge in [0.05, 0.1) is 11.7 Å². The third kappa shape index (κ3) is 3.31. The van der Waals surface area contributed by atoms with Crippen molar-refractivity contribution in [2.45, 2.75) is 40.2 Å². The standard InChI is InChI=1S/C19H29N5/c1-6-16-7-8-18-17(13-16)15(4)24(21-14(2)3)19(20-18)23-11-9-22(5)10-12-23/h7-8,13,15H,6,9-12H2,1-5H3. The quantitative estimate of drug-likeness (QED) is 0.782. The van der Waals surface area contributed by atoms with E-state index in [9.17, 15) is 0 Å². The number of fused-ring (bicyclic) bond motifs is 1. The first-order valence-electron chi connectivity index (χ1n) is 8.95. The zero-order valence-corrected chi connectivity index (χ0v) is 15.6. The maximum atomic E-state index is 5.00. The molecular weight excluding hydrogens is 298 g/mol. The molecule has 5 nitrogen and oxygen atoms in total. The molecule has 2 aliphatic rings. The van der Waals surface area contributed by atoms with Gasteiger partial charge in [-0.25, -0.2) is 10.0 Å². The summed E-state index contributed by atoms with van der Waals surface area (Å²) in [4.78, 5) is 9.74.